The number of benzene rings is 2. The lowest BCUT2D eigenvalue weighted by Crippen LogP contribution is -2.17. The van der Waals surface area contributed by atoms with Crippen molar-refractivity contribution in [2.45, 2.75) is 12.4 Å². The molecule has 0 aliphatic carbocycles. The first-order valence-electron chi connectivity index (χ1n) is 5.80. The summed E-state index contributed by atoms with van der Waals surface area (Å²) in [5, 5.41) is 0. The van der Waals surface area contributed by atoms with Crippen molar-refractivity contribution in [2.24, 2.45) is 0 Å². The van der Waals surface area contributed by atoms with Crippen LogP contribution in [0.15, 0.2) is 53.0 Å². The number of hydrogen-bond donors (Lipinski definition) is 0. The van der Waals surface area contributed by atoms with Crippen LogP contribution in [0.5, 0.6) is 0 Å². The highest BCUT2D eigenvalue weighted by atomic mass is 79.9. The fraction of sp³-hybridized carbons (Fsp3) is 0.200. The summed E-state index contributed by atoms with van der Waals surface area (Å²) >= 11 is 9.48. The van der Waals surface area contributed by atoms with Crippen LogP contribution < -0.4 is 4.90 Å². The zero-order chi connectivity index (χ0) is 13.0. The van der Waals surface area contributed by atoms with Gasteiger partial charge in [0.15, 0.2) is 0 Å². The lowest BCUT2D eigenvalue weighted by Gasteiger charge is -2.22. The molecule has 2 aromatic rings. The second-order valence-corrected chi connectivity index (χ2v) is 5.43. The highest BCUT2D eigenvalue weighted by Crippen LogP contribution is 2.26. The van der Waals surface area contributed by atoms with Crippen molar-refractivity contribution in [3.05, 3.63) is 64.1 Å². The van der Waals surface area contributed by atoms with Gasteiger partial charge in [-0.25, -0.2) is 0 Å². The number of anilines is 1. The van der Waals surface area contributed by atoms with E-state index in [2.05, 4.69) is 64.3 Å². The van der Waals surface area contributed by atoms with Crippen LogP contribution >= 0.6 is 27.5 Å². The normalized spacial score (nSPS) is 10.4. The van der Waals surface area contributed by atoms with E-state index in [0.29, 0.717) is 5.88 Å². The molecule has 2 rings (SSSR count). The predicted molar refractivity (Wildman–Crippen MR) is 82.2 cm³/mol. The summed E-state index contributed by atoms with van der Waals surface area (Å²) in [6.07, 6.45) is 0. The topological polar surface area (TPSA) is 3.24 Å². The summed E-state index contributed by atoms with van der Waals surface area (Å²) in [6, 6.07) is 16.7. The Labute approximate surface area is 122 Å². The van der Waals surface area contributed by atoms with E-state index in [4.69, 9.17) is 11.6 Å². The molecule has 0 spiro atoms. The minimum absolute atomic E-state index is 0.522. The lowest BCUT2D eigenvalue weighted by atomic mass is 10.1. The van der Waals surface area contributed by atoms with E-state index >= 15 is 0 Å². The zero-order valence-electron chi connectivity index (χ0n) is 10.2. The second kappa shape index (κ2) is 6.26. The van der Waals surface area contributed by atoms with E-state index in [1.54, 1.807) is 0 Å². The average molecular weight is 325 g/mol. The van der Waals surface area contributed by atoms with Crippen molar-refractivity contribution in [3.63, 3.8) is 0 Å². The van der Waals surface area contributed by atoms with Gasteiger partial charge in [0, 0.05) is 29.6 Å². The molecule has 3 heteroatoms. The van der Waals surface area contributed by atoms with Crippen molar-refractivity contribution in [1.29, 1.82) is 0 Å². The first kappa shape index (κ1) is 13.4. The fourth-order valence-corrected chi connectivity index (χ4v) is 2.60. The molecule has 2 aromatic carbocycles. The van der Waals surface area contributed by atoms with Crippen molar-refractivity contribution >= 4 is 33.2 Å². The molecular weight excluding hydrogens is 310 g/mol. The van der Waals surface area contributed by atoms with Gasteiger partial charge in [-0.05, 0) is 29.3 Å². The summed E-state index contributed by atoms with van der Waals surface area (Å²) in [6.45, 7) is 0.881. The van der Waals surface area contributed by atoms with Crippen LogP contribution in [0.25, 0.3) is 0 Å². The Hall–Kier alpha value is -0.990. The Morgan fingerprint density at radius 3 is 2.50 bits per heavy atom. The highest BCUT2D eigenvalue weighted by molar-refractivity contribution is 9.10. The highest BCUT2D eigenvalue weighted by Gasteiger charge is 2.07. The Morgan fingerprint density at radius 2 is 1.83 bits per heavy atom. The molecular formula is C15H15BrClN. The van der Waals surface area contributed by atoms with Crippen LogP contribution in [-0.4, -0.2) is 7.05 Å². The Balaban J connectivity index is 2.21. The maximum Gasteiger partial charge on any atom is 0.0494 e. The maximum atomic E-state index is 6.00. The van der Waals surface area contributed by atoms with E-state index in [1.165, 1.54) is 11.3 Å². The molecule has 0 aliphatic rings. The van der Waals surface area contributed by atoms with E-state index < -0.39 is 0 Å². The average Bonchev–Trinajstić information content (AvgIpc) is 2.39. The van der Waals surface area contributed by atoms with Gasteiger partial charge in [0.1, 0.15) is 0 Å². The second-order valence-electron chi connectivity index (χ2n) is 4.25. The first-order valence-corrected chi connectivity index (χ1v) is 7.13. The minimum atomic E-state index is 0.522. The summed E-state index contributed by atoms with van der Waals surface area (Å²) in [7, 11) is 2.09. The van der Waals surface area contributed by atoms with Crippen LogP contribution in [0.3, 0.4) is 0 Å². The molecule has 0 N–H and O–H groups in total. The molecule has 18 heavy (non-hydrogen) atoms. The van der Waals surface area contributed by atoms with Gasteiger partial charge in [0.25, 0.3) is 0 Å². The van der Waals surface area contributed by atoms with Crippen LogP contribution in [0.2, 0.25) is 0 Å². The lowest BCUT2D eigenvalue weighted by molar-refractivity contribution is 0.915. The Morgan fingerprint density at radius 1 is 1.11 bits per heavy atom. The summed E-state index contributed by atoms with van der Waals surface area (Å²) in [4.78, 5) is 2.22. The smallest absolute Gasteiger partial charge is 0.0494 e. The number of hydrogen-bond acceptors (Lipinski definition) is 1. The van der Waals surface area contributed by atoms with Gasteiger partial charge < -0.3 is 4.90 Å². The maximum absolute atomic E-state index is 6.00. The molecule has 0 saturated carbocycles. The number of nitrogens with zero attached hydrogens (tertiary/aromatic N) is 1. The number of rotatable bonds is 4. The van der Waals surface area contributed by atoms with Crippen molar-refractivity contribution < 1.29 is 0 Å². The predicted octanol–water partition coefficient (Wildman–Crippen LogP) is 4.82. The van der Waals surface area contributed by atoms with Crippen molar-refractivity contribution in [1.82, 2.24) is 0 Å². The number of halogens is 2. The molecule has 0 unspecified atom stereocenters. The zero-order valence-corrected chi connectivity index (χ0v) is 12.6. The molecule has 0 atom stereocenters. The third-order valence-electron chi connectivity index (χ3n) is 2.86. The Bertz CT molecular complexity index is 513. The third-order valence-corrected chi connectivity index (χ3v) is 3.64. The van der Waals surface area contributed by atoms with E-state index in [9.17, 15) is 0 Å². The summed E-state index contributed by atoms with van der Waals surface area (Å²) in [5.74, 6) is 0.522. The third kappa shape index (κ3) is 3.27. The van der Waals surface area contributed by atoms with E-state index in [0.717, 1.165) is 16.6 Å². The molecule has 0 amide bonds. The molecule has 0 radical (unpaired) electrons. The van der Waals surface area contributed by atoms with Gasteiger partial charge in [-0.3, -0.25) is 0 Å². The van der Waals surface area contributed by atoms with Crippen LogP contribution in [0.4, 0.5) is 5.69 Å². The fourth-order valence-electron chi connectivity index (χ4n) is 1.98. The van der Waals surface area contributed by atoms with E-state index in [-0.39, 0.29) is 0 Å². The van der Waals surface area contributed by atoms with Crippen LogP contribution in [0.1, 0.15) is 11.1 Å². The SMILES string of the molecule is CN(Cc1ccccc1)c1ccc(Br)cc1CCl. The van der Waals surface area contributed by atoms with E-state index in [1.807, 2.05) is 12.1 Å². The quantitative estimate of drug-likeness (QED) is 0.729. The standard InChI is InChI=1S/C15H15BrClN/c1-18(11-12-5-3-2-4-6-12)15-8-7-14(16)9-13(15)10-17/h2-9H,10-11H2,1H3. The monoisotopic (exact) mass is 323 g/mol. The number of alkyl halides is 1. The molecule has 0 saturated heterocycles. The molecule has 0 fully saturated rings. The van der Waals surface area contributed by atoms with Crippen molar-refractivity contribution in [2.75, 3.05) is 11.9 Å². The van der Waals surface area contributed by atoms with Gasteiger partial charge in [0.2, 0.25) is 0 Å². The van der Waals surface area contributed by atoms with Gasteiger partial charge in [-0.1, -0.05) is 46.3 Å². The van der Waals surface area contributed by atoms with Gasteiger partial charge in [-0.2, -0.15) is 0 Å². The summed E-state index contributed by atoms with van der Waals surface area (Å²) in [5.41, 5.74) is 3.62. The largest absolute Gasteiger partial charge is 0.370 e. The summed E-state index contributed by atoms with van der Waals surface area (Å²) < 4.78 is 1.06. The molecule has 94 valence electrons. The van der Waals surface area contributed by atoms with Crippen LogP contribution in [-0.2, 0) is 12.4 Å². The molecule has 0 bridgehead atoms. The molecule has 0 heterocycles. The van der Waals surface area contributed by atoms with Gasteiger partial charge in [-0.15, -0.1) is 11.6 Å². The molecule has 1 nitrogen and oxygen atoms in total. The van der Waals surface area contributed by atoms with Gasteiger partial charge in [0.05, 0.1) is 0 Å². The minimum Gasteiger partial charge on any atom is -0.370 e. The molecule has 0 aromatic heterocycles. The van der Waals surface area contributed by atoms with Crippen LogP contribution in [0, 0.1) is 0 Å². The Kier molecular flexibility index (Phi) is 4.67. The van der Waals surface area contributed by atoms with Crippen molar-refractivity contribution in [3.8, 4) is 0 Å². The van der Waals surface area contributed by atoms with Gasteiger partial charge >= 0.3 is 0 Å². The molecule has 0 aliphatic heterocycles. The first-order chi connectivity index (χ1) is 8.70.